The van der Waals surface area contributed by atoms with Crippen LogP contribution in [0, 0.1) is 23.7 Å². The summed E-state index contributed by atoms with van der Waals surface area (Å²) in [7, 11) is 0. The molecule has 0 unspecified atom stereocenters. The molecule has 0 atom stereocenters. The van der Waals surface area contributed by atoms with Crippen molar-refractivity contribution in [3.63, 3.8) is 0 Å². The lowest BCUT2D eigenvalue weighted by molar-refractivity contribution is -0.0803. The molecule has 0 bridgehead atoms. The lowest BCUT2D eigenvalue weighted by atomic mass is 9.69. The molecule has 2 saturated carbocycles. The molecule has 2 aliphatic rings. The Bertz CT molecular complexity index is 316. The first-order valence-corrected chi connectivity index (χ1v) is 8.74. The van der Waals surface area contributed by atoms with Crippen LogP contribution in [0.5, 0.6) is 0 Å². The van der Waals surface area contributed by atoms with Crippen LogP contribution in [0.15, 0.2) is 12.2 Å². The van der Waals surface area contributed by atoms with E-state index < -0.39 is 6.18 Å². The second-order valence-corrected chi connectivity index (χ2v) is 7.15. The van der Waals surface area contributed by atoms with Gasteiger partial charge < -0.3 is 0 Å². The van der Waals surface area contributed by atoms with Crippen molar-refractivity contribution in [3.05, 3.63) is 12.2 Å². The predicted octanol–water partition coefficient (Wildman–Crippen LogP) is 6.52. The van der Waals surface area contributed by atoms with Gasteiger partial charge in [0.25, 0.3) is 0 Å². The van der Waals surface area contributed by atoms with Gasteiger partial charge in [-0.15, -0.1) is 0 Å². The molecular formula is C18H29F3. The molecule has 122 valence electrons. The summed E-state index contributed by atoms with van der Waals surface area (Å²) in [6.45, 7) is 2.27. The second kappa shape index (κ2) is 7.69. The van der Waals surface area contributed by atoms with Gasteiger partial charge in [0.15, 0.2) is 0 Å². The van der Waals surface area contributed by atoms with Gasteiger partial charge in [0.05, 0.1) is 0 Å². The van der Waals surface area contributed by atoms with Crippen LogP contribution in [0.3, 0.4) is 0 Å². The van der Waals surface area contributed by atoms with E-state index >= 15 is 0 Å². The summed E-state index contributed by atoms with van der Waals surface area (Å²) in [5, 5.41) is 0. The molecule has 0 aromatic carbocycles. The molecule has 0 aromatic rings. The summed E-state index contributed by atoms with van der Waals surface area (Å²) in [6, 6.07) is 0. The predicted molar refractivity (Wildman–Crippen MR) is 81.0 cm³/mol. The number of hydrogen-bond donors (Lipinski definition) is 0. The molecule has 21 heavy (non-hydrogen) atoms. The van der Waals surface area contributed by atoms with E-state index in [1.54, 1.807) is 0 Å². The number of alkyl halides is 3. The molecule has 0 saturated heterocycles. The summed E-state index contributed by atoms with van der Waals surface area (Å²) >= 11 is 0. The van der Waals surface area contributed by atoms with Crippen LogP contribution in [0.2, 0.25) is 0 Å². The van der Waals surface area contributed by atoms with E-state index in [0.717, 1.165) is 43.4 Å². The molecule has 0 aliphatic heterocycles. The zero-order chi connectivity index (χ0) is 15.3. The van der Waals surface area contributed by atoms with Crippen molar-refractivity contribution in [2.45, 2.75) is 77.3 Å². The van der Waals surface area contributed by atoms with E-state index in [2.05, 4.69) is 6.92 Å². The van der Waals surface area contributed by atoms with Crippen molar-refractivity contribution in [1.29, 1.82) is 0 Å². The van der Waals surface area contributed by atoms with Gasteiger partial charge in [-0.1, -0.05) is 38.7 Å². The van der Waals surface area contributed by atoms with Gasteiger partial charge in [0.1, 0.15) is 0 Å². The molecule has 0 amide bonds. The molecule has 0 N–H and O–H groups in total. The van der Waals surface area contributed by atoms with Crippen LogP contribution in [-0.4, -0.2) is 6.18 Å². The Balaban J connectivity index is 1.71. The zero-order valence-corrected chi connectivity index (χ0v) is 13.2. The quantitative estimate of drug-likeness (QED) is 0.519. The normalized spacial score (nSPS) is 35.2. The van der Waals surface area contributed by atoms with Gasteiger partial charge in [0, 0.05) is 6.08 Å². The smallest absolute Gasteiger partial charge is 0.167 e. The van der Waals surface area contributed by atoms with E-state index in [1.165, 1.54) is 44.6 Å². The summed E-state index contributed by atoms with van der Waals surface area (Å²) in [5.41, 5.74) is 0. The minimum atomic E-state index is -4.14. The van der Waals surface area contributed by atoms with E-state index in [-0.39, 0.29) is 5.92 Å². The fourth-order valence-corrected chi connectivity index (χ4v) is 4.41. The summed E-state index contributed by atoms with van der Waals surface area (Å²) < 4.78 is 36.6. The van der Waals surface area contributed by atoms with E-state index in [0.29, 0.717) is 6.08 Å². The van der Waals surface area contributed by atoms with Gasteiger partial charge in [-0.2, -0.15) is 13.2 Å². The first-order chi connectivity index (χ1) is 9.98. The second-order valence-electron chi connectivity index (χ2n) is 7.15. The molecular weight excluding hydrogens is 273 g/mol. The average Bonchev–Trinajstić information content (AvgIpc) is 2.46. The average molecular weight is 302 g/mol. The van der Waals surface area contributed by atoms with Crippen molar-refractivity contribution in [3.8, 4) is 0 Å². The molecule has 0 radical (unpaired) electrons. The number of allylic oxidation sites excluding steroid dienone is 2. The summed E-state index contributed by atoms with van der Waals surface area (Å²) in [4.78, 5) is 0. The Morgan fingerprint density at radius 2 is 1.38 bits per heavy atom. The largest absolute Gasteiger partial charge is 0.409 e. The Morgan fingerprint density at radius 1 is 0.857 bits per heavy atom. The maximum Gasteiger partial charge on any atom is 0.409 e. The third-order valence-corrected chi connectivity index (χ3v) is 5.63. The van der Waals surface area contributed by atoms with Gasteiger partial charge in [-0.3, -0.25) is 0 Å². The van der Waals surface area contributed by atoms with Crippen molar-refractivity contribution in [2.24, 2.45) is 23.7 Å². The van der Waals surface area contributed by atoms with Gasteiger partial charge in [-0.25, -0.2) is 0 Å². The summed E-state index contributed by atoms with van der Waals surface area (Å²) in [5.74, 6) is 2.73. The molecule has 0 aromatic heterocycles. The van der Waals surface area contributed by atoms with Crippen molar-refractivity contribution < 1.29 is 13.2 Å². The maximum absolute atomic E-state index is 12.2. The molecule has 0 nitrogen and oxygen atoms in total. The monoisotopic (exact) mass is 302 g/mol. The van der Waals surface area contributed by atoms with Crippen molar-refractivity contribution in [2.75, 3.05) is 0 Å². The van der Waals surface area contributed by atoms with Crippen LogP contribution < -0.4 is 0 Å². The Labute approximate surface area is 127 Å². The first kappa shape index (κ1) is 16.9. The SMILES string of the molecule is CCC[C@H]1CC[C@H]([C@H]2CC[C@H](C=CC(F)(F)F)CC2)CC1. The third-order valence-electron chi connectivity index (χ3n) is 5.63. The highest BCUT2D eigenvalue weighted by Crippen LogP contribution is 2.42. The van der Waals surface area contributed by atoms with Crippen LogP contribution in [-0.2, 0) is 0 Å². The third kappa shape index (κ3) is 5.67. The standard InChI is InChI=1S/C18H29F3/c1-2-3-14-4-8-16(9-5-14)17-10-6-15(7-11-17)12-13-18(19,20)21/h12-17H,2-11H2,1H3/t14-,15-,16-,17-. The van der Waals surface area contributed by atoms with Crippen LogP contribution >= 0.6 is 0 Å². The minimum Gasteiger partial charge on any atom is -0.167 e. The lowest BCUT2D eigenvalue weighted by Gasteiger charge is -2.37. The molecule has 0 spiro atoms. The van der Waals surface area contributed by atoms with E-state index in [1.807, 2.05) is 0 Å². The van der Waals surface area contributed by atoms with Crippen LogP contribution in [0.25, 0.3) is 0 Å². The van der Waals surface area contributed by atoms with Gasteiger partial charge >= 0.3 is 6.18 Å². The topological polar surface area (TPSA) is 0 Å². The fourth-order valence-electron chi connectivity index (χ4n) is 4.41. The molecule has 3 heteroatoms. The van der Waals surface area contributed by atoms with Crippen molar-refractivity contribution >= 4 is 0 Å². The summed E-state index contributed by atoms with van der Waals surface area (Å²) in [6.07, 6.45) is 10.0. The Hall–Kier alpha value is -0.470. The van der Waals surface area contributed by atoms with E-state index in [4.69, 9.17) is 0 Å². The first-order valence-electron chi connectivity index (χ1n) is 8.74. The van der Waals surface area contributed by atoms with Crippen molar-refractivity contribution in [1.82, 2.24) is 0 Å². The number of rotatable bonds is 4. The fraction of sp³-hybridized carbons (Fsp3) is 0.889. The minimum absolute atomic E-state index is 0.152. The van der Waals surface area contributed by atoms with Crippen LogP contribution in [0.4, 0.5) is 13.2 Å². The highest BCUT2D eigenvalue weighted by atomic mass is 19.4. The molecule has 2 aliphatic carbocycles. The highest BCUT2D eigenvalue weighted by Gasteiger charge is 2.30. The van der Waals surface area contributed by atoms with Gasteiger partial charge in [0.2, 0.25) is 0 Å². The Kier molecular flexibility index (Phi) is 6.19. The molecule has 0 heterocycles. The van der Waals surface area contributed by atoms with Crippen LogP contribution in [0.1, 0.15) is 71.1 Å². The van der Waals surface area contributed by atoms with Gasteiger partial charge in [-0.05, 0) is 62.2 Å². The molecule has 2 fully saturated rings. The molecule has 2 rings (SSSR count). The zero-order valence-electron chi connectivity index (χ0n) is 13.2. The lowest BCUT2D eigenvalue weighted by Crippen LogP contribution is -2.25. The number of hydrogen-bond acceptors (Lipinski definition) is 0. The number of halogens is 3. The maximum atomic E-state index is 12.2. The Morgan fingerprint density at radius 3 is 1.86 bits per heavy atom. The highest BCUT2D eigenvalue weighted by molar-refractivity contribution is 4.96. The van der Waals surface area contributed by atoms with E-state index in [9.17, 15) is 13.2 Å².